The number of carbonyl (C=O) groups excluding carboxylic acids is 1. The van der Waals surface area contributed by atoms with Crippen molar-refractivity contribution in [3.63, 3.8) is 0 Å². The largest absolute Gasteiger partial charge is 0.497 e. The molecule has 9 nitrogen and oxygen atoms in total. The fourth-order valence-corrected chi connectivity index (χ4v) is 4.08. The summed E-state index contributed by atoms with van der Waals surface area (Å²) in [6.45, 7) is 0. The molecule has 0 saturated heterocycles. The summed E-state index contributed by atoms with van der Waals surface area (Å²) in [6, 6.07) is 13.0. The summed E-state index contributed by atoms with van der Waals surface area (Å²) < 4.78 is 10.2. The number of ether oxygens (including phenoxy) is 1. The second-order valence-corrected chi connectivity index (χ2v) is 7.98. The molecule has 31 heavy (non-hydrogen) atoms. The van der Waals surface area contributed by atoms with E-state index in [0.29, 0.717) is 16.7 Å². The van der Waals surface area contributed by atoms with Gasteiger partial charge in [-0.05, 0) is 30.3 Å². The quantitative estimate of drug-likeness (QED) is 0.465. The van der Waals surface area contributed by atoms with Crippen molar-refractivity contribution in [1.29, 1.82) is 0 Å². The first-order chi connectivity index (χ1) is 14.9. The van der Waals surface area contributed by atoms with Gasteiger partial charge >= 0.3 is 5.69 Å². The Kier molecular flexibility index (Phi) is 5.55. The lowest BCUT2D eigenvalue weighted by Gasteiger charge is -2.07. The van der Waals surface area contributed by atoms with Crippen molar-refractivity contribution in [2.45, 2.75) is 5.16 Å². The van der Waals surface area contributed by atoms with Crippen LogP contribution >= 0.6 is 11.8 Å². The zero-order valence-corrected chi connectivity index (χ0v) is 18.4. The number of aromatic nitrogens is 5. The second-order valence-electron chi connectivity index (χ2n) is 7.04. The summed E-state index contributed by atoms with van der Waals surface area (Å²) in [5, 5.41) is 12.0. The van der Waals surface area contributed by atoms with E-state index in [0.717, 1.165) is 22.3 Å². The van der Waals surface area contributed by atoms with E-state index in [9.17, 15) is 9.59 Å². The standard InChI is InChI=1S/C21H22N6O3S/c1-25-16-9-8-14(11-17(16)26(2)21(25)29)22-18(28)12-31-20-24-23-19(27(20)3)13-6-5-7-15(10-13)30-4/h5-11H,12H2,1-4H3,(H,22,28). The third kappa shape index (κ3) is 3.93. The fourth-order valence-electron chi connectivity index (χ4n) is 3.37. The number of hydrogen-bond donors (Lipinski definition) is 1. The molecule has 0 aliphatic heterocycles. The Morgan fingerprint density at radius 2 is 1.81 bits per heavy atom. The molecule has 0 atom stereocenters. The van der Waals surface area contributed by atoms with Gasteiger partial charge in [0.1, 0.15) is 5.75 Å². The van der Waals surface area contributed by atoms with Gasteiger partial charge in [-0.3, -0.25) is 13.9 Å². The van der Waals surface area contributed by atoms with E-state index < -0.39 is 0 Å². The Hall–Kier alpha value is -3.53. The summed E-state index contributed by atoms with van der Waals surface area (Å²) in [5.74, 6) is 1.44. The van der Waals surface area contributed by atoms with Crippen molar-refractivity contribution >= 4 is 34.4 Å². The fraction of sp³-hybridized carbons (Fsp3) is 0.238. The van der Waals surface area contributed by atoms with Crippen molar-refractivity contribution < 1.29 is 9.53 Å². The number of imidazole rings is 1. The Morgan fingerprint density at radius 1 is 1.03 bits per heavy atom. The first kappa shape index (κ1) is 20.7. The Bertz CT molecular complexity index is 1340. The Labute approximate surface area is 182 Å². The summed E-state index contributed by atoms with van der Waals surface area (Å²) in [5.41, 5.74) is 2.98. The highest BCUT2D eigenvalue weighted by Gasteiger charge is 2.14. The molecule has 2 aromatic carbocycles. The zero-order chi connectivity index (χ0) is 22.1. The molecule has 4 aromatic rings. The van der Waals surface area contributed by atoms with Crippen molar-refractivity contribution in [1.82, 2.24) is 23.9 Å². The molecular formula is C21H22N6O3S. The molecule has 2 heterocycles. The maximum Gasteiger partial charge on any atom is 0.328 e. The lowest BCUT2D eigenvalue weighted by atomic mass is 10.2. The number of hydrogen-bond acceptors (Lipinski definition) is 6. The van der Waals surface area contributed by atoms with Crippen LogP contribution in [0.3, 0.4) is 0 Å². The number of fused-ring (bicyclic) bond motifs is 1. The Balaban J connectivity index is 1.45. The van der Waals surface area contributed by atoms with E-state index in [1.165, 1.54) is 11.8 Å². The van der Waals surface area contributed by atoms with Gasteiger partial charge in [0.15, 0.2) is 11.0 Å². The normalized spacial score (nSPS) is 11.1. The molecule has 0 unspecified atom stereocenters. The number of nitrogens with zero attached hydrogens (tertiary/aromatic N) is 5. The van der Waals surface area contributed by atoms with Gasteiger partial charge in [0.2, 0.25) is 5.91 Å². The van der Waals surface area contributed by atoms with Crippen molar-refractivity contribution in [2.75, 3.05) is 18.2 Å². The maximum atomic E-state index is 12.5. The molecule has 0 aliphatic rings. The SMILES string of the molecule is COc1cccc(-c2nnc(SCC(=O)Nc3ccc4c(c3)n(C)c(=O)n4C)n2C)c1. The van der Waals surface area contributed by atoms with Gasteiger partial charge in [0.05, 0.1) is 23.9 Å². The number of rotatable bonds is 6. The molecule has 0 spiro atoms. The first-order valence-electron chi connectivity index (χ1n) is 9.51. The molecule has 1 N–H and O–H groups in total. The minimum atomic E-state index is -0.170. The van der Waals surface area contributed by atoms with Crippen LogP contribution < -0.4 is 15.7 Å². The number of anilines is 1. The number of nitrogens with one attached hydrogen (secondary N) is 1. The lowest BCUT2D eigenvalue weighted by Crippen LogP contribution is -2.19. The smallest absolute Gasteiger partial charge is 0.328 e. The summed E-state index contributed by atoms with van der Waals surface area (Å²) in [6.07, 6.45) is 0. The van der Waals surface area contributed by atoms with E-state index in [2.05, 4.69) is 15.5 Å². The van der Waals surface area contributed by atoms with Gasteiger partial charge in [0.25, 0.3) is 0 Å². The third-order valence-electron chi connectivity index (χ3n) is 5.05. The van der Waals surface area contributed by atoms with E-state index >= 15 is 0 Å². The number of carbonyl (C=O) groups is 1. The van der Waals surface area contributed by atoms with Gasteiger partial charge in [-0.2, -0.15) is 0 Å². The van der Waals surface area contributed by atoms with Crippen LogP contribution in [0, 0.1) is 0 Å². The van der Waals surface area contributed by atoms with Gasteiger partial charge in [-0.15, -0.1) is 10.2 Å². The maximum absolute atomic E-state index is 12.5. The van der Waals surface area contributed by atoms with E-state index in [4.69, 9.17) is 4.74 Å². The molecule has 0 aliphatic carbocycles. The van der Waals surface area contributed by atoms with Crippen molar-refractivity contribution in [3.05, 3.63) is 52.9 Å². The van der Waals surface area contributed by atoms with E-state index in [1.807, 2.05) is 41.9 Å². The predicted octanol–water partition coefficient (Wildman–Crippen LogP) is 2.41. The molecule has 4 rings (SSSR count). The predicted molar refractivity (Wildman–Crippen MR) is 121 cm³/mol. The third-order valence-corrected chi connectivity index (χ3v) is 6.07. The molecule has 0 fully saturated rings. The van der Waals surface area contributed by atoms with Crippen LogP contribution in [-0.2, 0) is 25.9 Å². The van der Waals surface area contributed by atoms with Gasteiger partial charge < -0.3 is 14.6 Å². The summed E-state index contributed by atoms with van der Waals surface area (Å²) in [4.78, 5) is 24.5. The zero-order valence-electron chi connectivity index (χ0n) is 17.6. The van der Waals surface area contributed by atoms with E-state index in [1.54, 1.807) is 42.5 Å². The molecule has 0 radical (unpaired) electrons. The Morgan fingerprint density at radius 3 is 2.58 bits per heavy atom. The molecule has 1 amide bonds. The average molecular weight is 439 g/mol. The molecule has 160 valence electrons. The highest BCUT2D eigenvalue weighted by Crippen LogP contribution is 2.25. The monoisotopic (exact) mass is 438 g/mol. The van der Waals surface area contributed by atoms with Crippen LogP contribution in [0.15, 0.2) is 52.4 Å². The topological polar surface area (TPSA) is 96.0 Å². The molecular weight excluding hydrogens is 416 g/mol. The average Bonchev–Trinajstić information content (AvgIpc) is 3.25. The van der Waals surface area contributed by atoms with Crippen molar-refractivity contribution in [3.8, 4) is 17.1 Å². The second kappa shape index (κ2) is 8.31. The lowest BCUT2D eigenvalue weighted by molar-refractivity contribution is -0.113. The van der Waals surface area contributed by atoms with E-state index in [-0.39, 0.29) is 17.3 Å². The van der Waals surface area contributed by atoms with Crippen LogP contribution in [0.25, 0.3) is 22.4 Å². The number of methoxy groups -OCH3 is 1. The highest BCUT2D eigenvalue weighted by molar-refractivity contribution is 7.99. The first-order valence-corrected chi connectivity index (χ1v) is 10.5. The molecule has 0 saturated carbocycles. The van der Waals surface area contributed by atoms with Gasteiger partial charge in [-0.1, -0.05) is 23.9 Å². The van der Waals surface area contributed by atoms with Gasteiger partial charge in [0, 0.05) is 32.4 Å². The number of aryl methyl sites for hydroxylation is 2. The molecule has 10 heteroatoms. The molecule has 2 aromatic heterocycles. The van der Waals surface area contributed by atoms with Crippen LogP contribution in [0.4, 0.5) is 5.69 Å². The number of benzene rings is 2. The van der Waals surface area contributed by atoms with Crippen LogP contribution in [0.1, 0.15) is 0 Å². The minimum absolute atomic E-state index is 0.108. The minimum Gasteiger partial charge on any atom is -0.497 e. The van der Waals surface area contributed by atoms with Crippen molar-refractivity contribution in [2.24, 2.45) is 21.1 Å². The van der Waals surface area contributed by atoms with Crippen LogP contribution in [-0.4, -0.2) is 42.7 Å². The van der Waals surface area contributed by atoms with Gasteiger partial charge in [-0.25, -0.2) is 4.79 Å². The summed E-state index contributed by atoms with van der Waals surface area (Å²) in [7, 11) is 6.91. The summed E-state index contributed by atoms with van der Waals surface area (Å²) >= 11 is 1.30. The number of amides is 1. The number of thioether (sulfide) groups is 1. The van der Waals surface area contributed by atoms with Crippen LogP contribution in [0.2, 0.25) is 0 Å². The highest BCUT2D eigenvalue weighted by atomic mass is 32.2. The molecule has 0 bridgehead atoms. The van der Waals surface area contributed by atoms with Crippen LogP contribution in [0.5, 0.6) is 5.75 Å².